The van der Waals surface area contributed by atoms with Crippen molar-refractivity contribution in [1.82, 2.24) is 0 Å². The van der Waals surface area contributed by atoms with Crippen LogP contribution in [0.3, 0.4) is 0 Å². The maximum absolute atomic E-state index is 13.1. The predicted octanol–water partition coefficient (Wildman–Crippen LogP) is 1.29. The van der Waals surface area contributed by atoms with Crippen molar-refractivity contribution >= 4 is 5.97 Å². The van der Waals surface area contributed by atoms with Gasteiger partial charge in [0, 0.05) is 0 Å². The molecule has 5 heteroatoms. The van der Waals surface area contributed by atoms with Gasteiger partial charge in [-0.15, -0.1) is 0 Å². The molecule has 0 fully saturated rings. The molecule has 0 bridgehead atoms. The number of hydrogen-bond acceptors (Lipinski definition) is 3. The molecule has 4 nitrogen and oxygen atoms in total. The SMILES string of the molecule is CC(CN)c1cc(F)c(O)c(C(=O)O)c1. The first kappa shape index (κ1) is 11.5. The van der Waals surface area contributed by atoms with Crippen LogP contribution in [0, 0.1) is 5.82 Å². The second-order valence-electron chi connectivity index (χ2n) is 3.34. The van der Waals surface area contributed by atoms with E-state index in [4.69, 9.17) is 15.9 Å². The van der Waals surface area contributed by atoms with Crippen LogP contribution in [0.5, 0.6) is 5.75 Å². The molecular formula is C10H12FNO3. The first-order valence-corrected chi connectivity index (χ1v) is 4.43. The summed E-state index contributed by atoms with van der Waals surface area (Å²) in [6, 6.07) is 2.33. The molecule has 82 valence electrons. The van der Waals surface area contributed by atoms with E-state index in [9.17, 15) is 9.18 Å². The van der Waals surface area contributed by atoms with Gasteiger partial charge in [-0.2, -0.15) is 0 Å². The van der Waals surface area contributed by atoms with E-state index in [2.05, 4.69) is 0 Å². The Morgan fingerprint density at radius 3 is 2.67 bits per heavy atom. The summed E-state index contributed by atoms with van der Waals surface area (Å²) in [6.07, 6.45) is 0. The van der Waals surface area contributed by atoms with Crippen molar-refractivity contribution in [2.24, 2.45) is 5.73 Å². The average molecular weight is 213 g/mol. The number of rotatable bonds is 3. The topological polar surface area (TPSA) is 83.5 Å². The Morgan fingerprint density at radius 2 is 2.20 bits per heavy atom. The van der Waals surface area contributed by atoms with Crippen molar-refractivity contribution in [2.75, 3.05) is 6.54 Å². The highest BCUT2D eigenvalue weighted by Crippen LogP contribution is 2.26. The molecule has 4 N–H and O–H groups in total. The summed E-state index contributed by atoms with van der Waals surface area (Å²) in [4.78, 5) is 10.7. The van der Waals surface area contributed by atoms with Gasteiger partial charge in [-0.05, 0) is 30.2 Å². The van der Waals surface area contributed by atoms with E-state index >= 15 is 0 Å². The third-order valence-corrected chi connectivity index (χ3v) is 2.24. The second kappa shape index (κ2) is 4.27. The summed E-state index contributed by atoms with van der Waals surface area (Å²) >= 11 is 0. The minimum Gasteiger partial charge on any atom is -0.504 e. The summed E-state index contributed by atoms with van der Waals surface area (Å²) in [5, 5.41) is 17.9. The summed E-state index contributed by atoms with van der Waals surface area (Å²) in [7, 11) is 0. The third-order valence-electron chi connectivity index (χ3n) is 2.24. The molecule has 0 heterocycles. The highest BCUT2D eigenvalue weighted by Gasteiger charge is 2.17. The van der Waals surface area contributed by atoms with E-state index < -0.39 is 23.1 Å². The van der Waals surface area contributed by atoms with E-state index in [-0.39, 0.29) is 12.5 Å². The molecule has 0 aliphatic heterocycles. The number of phenols is 1. The summed E-state index contributed by atoms with van der Waals surface area (Å²) in [5.41, 5.74) is 5.41. The van der Waals surface area contributed by atoms with Crippen LogP contribution >= 0.6 is 0 Å². The van der Waals surface area contributed by atoms with E-state index in [0.29, 0.717) is 5.56 Å². The number of hydrogen-bond donors (Lipinski definition) is 3. The molecule has 0 aromatic heterocycles. The summed E-state index contributed by atoms with van der Waals surface area (Å²) < 4.78 is 13.1. The zero-order valence-corrected chi connectivity index (χ0v) is 8.20. The Balaban J connectivity index is 3.29. The maximum atomic E-state index is 13.1. The Morgan fingerprint density at radius 1 is 1.60 bits per heavy atom. The number of carboxylic acid groups (broad SMARTS) is 1. The van der Waals surface area contributed by atoms with Crippen LogP contribution < -0.4 is 5.73 Å². The van der Waals surface area contributed by atoms with E-state index in [0.717, 1.165) is 6.07 Å². The third kappa shape index (κ3) is 2.24. The molecule has 1 rings (SSSR count). The molecule has 1 aromatic rings. The lowest BCUT2D eigenvalue weighted by Gasteiger charge is -2.11. The normalized spacial score (nSPS) is 12.5. The standard InChI is InChI=1S/C10H12FNO3/c1-5(4-12)6-2-7(10(14)15)9(13)8(11)3-6/h2-3,5,13H,4,12H2,1H3,(H,14,15). The average Bonchev–Trinajstić information content (AvgIpc) is 2.20. The van der Waals surface area contributed by atoms with Gasteiger partial charge >= 0.3 is 5.97 Å². The quantitative estimate of drug-likeness (QED) is 0.706. The van der Waals surface area contributed by atoms with Crippen molar-refractivity contribution in [3.63, 3.8) is 0 Å². The Bertz CT molecular complexity index is 392. The van der Waals surface area contributed by atoms with Gasteiger partial charge in [-0.25, -0.2) is 9.18 Å². The number of benzene rings is 1. The van der Waals surface area contributed by atoms with Crippen LogP contribution in [-0.4, -0.2) is 22.7 Å². The van der Waals surface area contributed by atoms with Crippen molar-refractivity contribution in [1.29, 1.82) is 0 Å². The number of nitrogens with two attached hydrogens (primary N) is 1. The first-order valence-electron chi connectivity index (χ1n) is 4.43. The fourth-order valence-corrected chi connectivity index (χ4v) is 1.20. The Hall–Kier alpha value is -1.62. The molecule has 1 atom stereocenters. The Kier molecular flexibility index (Phi) is 3.26. The Labute approximate surface area is 86.1 Å². The maximum Gasteiger partial charge on any atom is 0.339 e. The summed E-state index contributed by atoms with van der Waals surface area (Å²) in [5.74, 6) is -3.30. The minimum atomic E-state index is -1.36. The summed E-state index contributed by atoms with van der Waals surface area (Å²) in [6.45, 7) is 2.03. The molecule has 0 amide bonds. The molecule has 0 aliphatic rings. The predicted molar refractivity (Wildman–Crippen MR) is 52.5 cm³/mol. The zero-order chi connectivity index (χ0) is 11.6. The fraction of sp³-hybridized carbons (Fsp3) is 0.300. The zero-order valence-electron chi connectivity index (χ0n) is 8.20. The van der Waals surface area contributed by atoms with E-state index in [1.54, 1.807) is 6.92 Å². The van der Waals surface area contributed by atoms with E-state index in [1.165, 1.54) is 6.07 Å². The lowest BCUT2D eigenvalue weighted by Crippen LogP contribution is -2.10. The van der Waals surface area contributed by atoms with Crippen molar-refractivity contribution in [3.8, 4) is 5.75 Å². The van der Waals surface area contributed by atoms with Gasteiger partial charge in [0.1, 0.15) is 5.56 Å². The van der Waals surface area contributed by atoms with Crippen molar-refractivity contribution < 1.29 is 19.4 Å². The molecule has 0 radical (unpaired) electrons. The van der Waals surface area contributed by atoms with Gasteiger partial charge in [-0.1, -0.05) is 6.92 Å². The molecule has 0 aliphatic carbocycles. The van der Waals surface area contributed by atoms with Crippen molar-refractivity contribution in [3.05, 3.63) is 29.1 Å². The van der Waals surface area contributed by atoms with Crippen LogP contribution in [0.15, 0.2) is 12.1 Å². The smallest absolute Gasteiger partial charge is 0.339 e. The molecule has 0 spiro atoms. The van der Waals surface area contributed by atoms with Crippen molar-refractivity contribution in [2.45, 2.75) is 12.8 Å². The van der Waals surface area contributed by atoms with Gasteiger partial charge in [0.2, 0.25) is 0 Å². The number of aromatic carboxylic acids is 1. The van der Waals surface area contributed by atoms with E-state index in [1.807, 2.05) is 0 Å². The van der Waals surface area contributed by atoms with Crippen LogP contribution in [-0.2, 0) is 0 Å². The lowest BCUT2D eigenvalue weighted by atomic mass is 9.98. The van der Waals surface area contributed by atoms with Gasteiger partial charge in [0.05, 0.1) is 0 Å². The second-order valence-corrected chi connectivity index (χ2v) is 3.34. The van der Waals surface area contributed by atoms with Crippen LogP contribution in [0.25, 0.3) is 0 Å². The largest absolute Gasteiger partial charge is 0.504 e. The monoisotopic (exact) mass is 213 g/mol. The van der Waals surface area contributed by atoms with Gasteiger partial charge in [0.15, 0.2) is 11.6 Å². The molecule has 15 heavy (non-hydrogen) atoms. The first-order chi connectivity index (χ1) is 6.97. The molecule has 1 unspecified atom stereocenters. The number of aromatic hydroxyl groups is 1. The molecular weight excluding hydrogens is 201 g/mol. The molecule has 1 aromatic carbocycles. The van der Waals surface area contributed by atoms with Gasteiger partial charge in [-0.3, -0.25) is 0 Å². The molecule has 0 saturated carbocycles. The highest BCUT2D eigenvalue weighted by molar-refractivity contribution is 5.91. The number of carboxylic acids is 1. The van der Waals surface area contributed by atoms with Crippen LogP contribution in [0.2, 0.25) is 0 Å². The number of halogens is 1. The highest BCUT2D eigenvalue weighted by atomic mass is 19.1. The minimum absolute atomic E-state index is 0.154. The van der Waals surface area contributed by atoms with Gasteiger partial charge in [0.25, 0.3) is 0 Å². The number of carbonyl (C=O) groups is 1. The van der Waals surface area contributed by atoms with Gasteiger partial charge < -0.3 is 15.9 Å². The van der Waals surface area contributed by atoms with Crippen LogP contribution in [0.4, 0.5) is 4.39 Å². The fourth-order valence-electron chi connectivity index (χ4n) is 1.20. The van der Waals surface area contributed by atoms with Crippen LogP contribution in [0.1, 0.15) is 28.8 Å². The lowest BCUT2D eigenvalue weighted by molar-refractivity contribution is 0.0692. The molecule has 0 saturated heterocycles.